The fourth-order valence-electron chi connectivity index (χ4n) is 1.54. The second-order valence-electron chi connectivity index (χ2n) is 3.80. The van der Waals surface area contributed by atoms with E-state index in [1.807, 2.05) is 11.5 Å². The lowest BCUT2D eigenvalue weighted by atomic mass is 10.2. The van der Waals surface area contributed by atoms with Crippen LogP contribution in [0, 0.1) is 0 Å². The molecule has 78 valence electrons. The number of hydrogen-bond donors (Lipinski definition) is 2. The van der Waals surface area contributed by atoms with Gasteiger partial charge >= 0.3 is 0 Å². The smallest absolute Gasteiger partial charge is 0.108 e. The van der Waals surface area contributed by atoms with Gasteiger partial charge in [0.1, 0.15) is 6.10 Å². The first-order chi connectivity index (χ1) is 6.81. The maximum atomic E-state index is 9.87. The van der Waals surface area contributed by atoms with Crippen molar-refractivity contribution in [2.75, 3.05) is 6.54 Å². The highest BCUT2D eigenvalue weighted by atomic mass is 16.3. The van der Waals surface area contributed by atoms with Crippen LogP contribution in [0.5, 0.6) is 0 Å². The summed E-state index contributed by atoms with van der Waals surface area (Å²) in [5.74, 6) is 0. The Balaban J connectivity index is 1.91. The van der Waals surface area contributed by atoms with E-state index >= 15 is 0 Å². The standard InChI is InChI=1S/C10H17N3O/c1-2-13-7-11-5-9(13)10(14)6-12-8-3-4-8/h5,7-8,10,12,14H,2-4,6H2,1H3. The minimum Gasteiger partial charge on any atom is -0.385 e. The van der Waals surface area contributed by atoms with Crippen LogP contribution >= 0.6 is 0 Å². The molecule has 0 aliphatic heterocycles. The molecular formula is C10H17N3O. The molecule has 1 atom stereocenters. The third kappa shape index (κ3) is 2.13. The minimum absolute atomic E-state index is 0.432. The summed E-state index contributed by atoms with van der Waals surface area (Å²) in [5, 5.41) is 13.2. The number of rotatable bonds is 5. The summed E-state index contributed by atoms with van der Waals surface area (Å²) in [6.45, 7) is 3.54. The Labute approximate surface area is 84.0 Å². The summed E-state index contributed by atoms with van der Waals surface area (Å²) in [5.41, 5.74) is 0.903. The zero-order valence-corrected chi connectivity index (χ0v) is 8.48. The van der Waals surface area contributed by atoms with Crippen LogP contribution in [0.2, 0.25) is 0 Å². The molecule has 4 nitrogen and oxygen atoms in total. The lowest BCUT2D eigenvalue weighted by Gasteiger charge is -2.13. The molecule has 1 unspecified atom stereocenters. The number of aliphatic hydroxyl groups is 1. The van der Waals surface area contributed by atoms with Crippen molar-refractivity contribution in [2.24, 2.45) is 0 Å². The van der Waals surface area contributed by atoms with Crippen LogP contribution in [0.15, 0.2) is 12.5 Å². The molecule has 2 N–H and O–H groups in total. The number of aryl methyl sites for hydroxylation is 1. The predicted molar refractivity (Wildman–Crippen MR) is 53.9 cm³/mol. The summed E-state index contributed by atoms with van der Waals surface area (Å²) in [7, 11) is 0. The van der Waals surface area contributed by atoms with Crippen molar-refractivity contribution in [2.45, 2.75) is 38.5 Å². The zero-order chi connectivity index (χ0) is 9.97. The first-order valence-electron chi connectivity index (χ1n) is 5.22. The van der Waals surface area contributed by atoms with E-state index in [9.17, 15) is 5.11 Å². The molecule has 0 spiro atoms. The van der Waals surface area contributed by atoms with Crippen molar-refractivity contribution in [3.05, 3.63) is 18.2 Å². The van der Waals surface area contributed by atoms with E-state index in [1.54, 1.807) is 12.5 Å². The monoisotopic (exact) mass is 195 g/mol. The summed E-state index contributed by atoms with van der Waals surface area (Å²) in [4.78, 5) is 4.03. The van der Waals surface area contributed by atoms with Gasteiger partial charge < -0.3 is 15.0 Å². The molecular weight excluding hydrogens is 178 g/mol. The molecule has 0 saturated heterocycles. The van der Waals surface area contributed by atoms with Gasteiger partial charge in [-0.05, 0) is 19.8 Å². The SMILES string of the molecule is CCn1cncc1C(O)CNC1CC1. The summed E-state index contributed by atoms with van der Waals surface area (Å²) < 4.78 is 1.97. The fourth-order valence-corrected chi connectivity index (χ4v) is 1.54. The maximum absolute atomic E-state index is 9.87. The molecule has 2 rings (SSSR count). The molecule has 14 heavy (non-hydrogen) atoms. The van der Waals surface area contributed by atoms with Gasteiger partial charge in [-0.2, -0.15) is 0 Å². The lowest BCUT2D eigenvalue weighted by Crippen LogP contribution is -2.24. The highest BCUT2D eigenvalue weighted by Crippen LogP contribution is 2.20. The molecule has 1 aliphatic carbocycles. The summed E-state index contributed by atoms with van der Waals surface area (Å²) in [6.07, 6.45) is 5.57. The van der Waals surface area contributed by atoms with Crippen molar-refractivity contribution in [1.29, 1.82) is 0 Å². The van der Waals surface area contributed by atoms with Crippen molar-refractivity contribution in [3.63, 3.8) is 0 Å². The maximum Gasteiger partial charge on any atom is 0.108 e. The molecule has 1 aromatic heterocycles. The van der Waals surface area contributed by atoms with Gasteiger partial charge in [-0.3, -0.25) is 0 Å². The Hall–Kier alpha value is -0.870. The molecule has 1 heterocycles. The van der Waals surface area contributed by atoms with Gasteiger partial charge in [-0.1, -0.05) is 0 Å². The molecule has 1 saturated carbocycles. The predicted octanol–water partition coefficient (Wildman–Crippen LogP) is 0.688. The van der Waals surface area contributed by atoms with Crippen LogP contribution in [-0.4, -0.2) is 27.2 Å². The number of nitrogens with one attached hydrogen (secondary N) is 1. The third-order valence-electron chi connectivity index (χ3n) is 2.60. The van der Waals surface area contributed by atoms with Crippen molar-refractivity contribution >= 4 is 0 Å². The number of aliphatic hydroxyl groups excluding tert-OH is 1. The van der Waals surface area contributed by atoms with E-state index in [4.69, 9.17) is 0 Å². The van der Waals surface area contributed by atoms with E-state index in [-0.39, 0.29) is 0 Å². The van der Waals surface area contributed by atoms with Crippen LogP contribution in [0.4, 0.5) is 0 Å². The van der Waals surface area contributed by atoms with Gasteiger partial charge in [0.05, 0.1) is 18.2 Å². The first-order valence-corrected chi connectivity index (χ1v) is 5.22. The second-order valence-corrected chi connectivity index (χ2v) is 3.80. The summed E-state index contributed by atoms with van der Waals surface area (Å²) >= 11 is 0. The highest BCUT2D eigenvalue weighted by Gasteiger charge is 2.22. The molecule has 0 radical (unpaired) electrons. The quantitative estimate of drug-likeness (QED) is 0.726. The van der Waals surface area contributed by atoms with Crippen molar-refractivity contribution < 1.29 is 5.11 Å². The van der Waals surface area contributed by atoms with Gasteiger partial charge in [-0.15, -0.1) is 0 Å². The largest absolute Gasteiger partial charge is 0.385 e. The second kappa shape index (κ2) is 4.11. The number of nitrogens with zero attached hydrogens (tertiary/aromatic N) is 2. The molecule has 4 heteroatoms. The average Bonchev–Trinajstić information content (AvgIpc) is 2.90. The van der Waals surface area contributed by atoms with Crippen LogP contribution in [0.3, 0.4) is 0 Å². The Kier molecular flexibility index (Phi) is 2.84. The molecule has 1 fully saturated rings. The minimum atomic E-state index is -0.432. The Morgan fingerprint density at radius 3 is 3.14 bits per heavy atom. The topological polar surface area (TPSA) is 50.1 Å². The van der Waals surface area contributed by atoms with Gasteiger partial charge in [0.25, 0.3) is 0 Å². The van der Waals surface area contributed by atoms with Gasteiger partial charge in [-0.25, -0.2) is 4.98 Å². The average molecular weight is 195 g/mol. The number of hydrogen-bond acceptors (Lipinski definition) is 3. The first kappa shape index (κ1) is 9.68. The number of imidazole rings is 1. The van der Waals surface area contributed by atoms with E-state index in [0.29, 0.717) is 12.6 Å². The van der Waals surface area contributed by atoms with E-state index in [0.717, 1.165) is 12.2 Å². The highest BCUT2D eigenvalue weighted by molar-refractivity contribution is 5.03. The Morgan fingerprint density at radius 1 is 1.71 bits per heavy atom. The molecule has 0 bridgehead atoms. The van der Waals surface area contributed by atoms with Gasteiger partial charge in [0.15, 0.2) is 0 Å². The third-order valence-corrected chi connectivity index (χ3v) is 2.60. The van der Waals surface area contributed by atoms with Gasteiger partial charge in [0.2, 0.25) is 0 Å². The van der Waals surface area contributed by atoms with Gasteiger partial charge in [0, 0.05) is 19.1 Å². The number of aromatic nitrogens is 2. The molecule has 0 aromatic carbocycles. The Morgan fingerprint density at radius 2 is 2.50 bits per heavy atom. The van der Waals surface area contributed by atoms with Crippen LogP contribution in [0.1, 0.15) is 31.6 Å². The van der Waals surface area contributed by atoms with Crippen LogP contribution in [-0.2, 0) is 6.54 Å². The fraction of sp³-hybridized carbons (Fsp3) is 0.700. The summed E-state index contributed by atoms with van der Waals surface area (Å²) in [6, 6.07) is 0.641. The molecule has 1 aromatic rings. The van der Waals surface area contributed by atoms with E-state index < -0.39 is 6.10 Å². The molecule has 1 aliphatic rings. The zero-order valence-electron chi connectivity index (χ0n) is 8.48. The van der Waals surface area contributed by atoms with E-state index in [2.05, 4.69) is 10.3 Å². The van der Waals surface area contributed by atoms with E-state index in [1.165, 1.54) is 12.8 Å². The van der Waals surface area contributed by atoms with Crippen molar-refractivity contribution in [3.8, 4) is 0 Å². The molecule has 0 amide bonds. The lowest BCUT2D eigenvalue weighted by molar-refractivity contribution is 0.165. The van der Waals surface area contributed by atoms with Crippen molar-refractivity contribution in [1.82, 2.24) is 14.9 Å². The normalized spacial score (nSPS) is 18.4. The van der Waals surface area contributed by atoms with Crippen LogP contribution < -0.4 is 5.32 Å². The Bertz CT molecular complexity index is 293. The van der Waals surface area contributed by atoms with Crippen LogP contribution in [0.25, 0.3) is 0 Å².